The lowest BCUT2D eigenvalue weighted by Crippen LogP contribution is -2.13. The van der Waals surface area contributed by atoms with Crippen LogP contribution in [0.5, 0.6) is 5.75 Å². The van der Waals surface area contributed by atoms with Gasteiger partial charge in [-0.1, -0.05) is 28.9 Å². The number of primary amides is 1. The Kier molecular flexibility index (Phi) is 4.03. The van der Waals surface area contributed by atoms with Crippen LogP contribution in [-0.4, -0.2) is 16.2 Å². The fourth-order valence-electron chi connectivity index (χ4n) is 2.78. The summed E-state index contributed by atoms with van der Waals surface area (Å²) in [4.78, 5) is 12.0. The van der Waals surface area contributed by atoms with Crippen LogP contribution in [0, 0.1) is 13.8 Å². The van der Waals surface area contributed by atoms with Gasteiger partial charge in [0.1, 0.15) is 11.5 Å². The fraction of sp³-hybridized carbons (Fsp3) is 0.111. The molecule has 0 fully saturated rings. The third-order valence-electron chi connectivity index (χ3n) is 3.83. The van der Waals surface area contributed by atoms with Crippen molar-refractivity contribution >= 4 is 17.5 Å². The summed E-state index contributed by atoms with van der Waals surface area (Å²) >= 11 is 6.19. The van der Waals surface area contributed by atoms with Crippen LogP contribution in [0.1, 0.15) is 21.8 Å². The van der Waals surface area contributed by atoms with Crippen LogP contribution in [0.25, 0.3) is 22.3 Å². The van der Waals surface area contributed by atoms with E-state index in [1.807, 2.05) is 0 Å². The van der Waals surface area contributed by atoms with E-state index < -0.39 is 5.91 Å². The Labute approximate surface area is 143 Å². The van der Waals surface area contributed by atoms with Crippen molar-refractivity contribution in [1.82, 2.24) is 5.16 Å². The molecule has 0 spiro atoms. The highest BCUT2D eigenvalue weighted by Crippen LogP contribution is 2.40. The Morgan fingerprint density at radius 3 is 2.38 bits per heavy atom. The zero-order valence-corrected chi connectivity index (χ0v) is 13.9. The van der Waals surface area contributed by atoms with Crippen molar-refractivity contribution in [2.75, 3.05) is 0 Å². The number of phenols is 1. The third kappa shape index (κ3) is 2.74. The molecule has 3 N–H and O–H groups in total. The minimum absolute atomic E-state index is 0.148. The first-order valence-corrected chi connectivity index (χ1v) is 7.62. The van der Waals surface area contributed by atoms with Crippen molar-refractivity contribution in [3.05, 3.63) is 58.4 Å². The monoisotopic (exact) mass is 342 g/mol. The standard InChI is InChI=1S/C18H15ClN2O3/c1-9-16(10(2)24-21-9)17-14(11-3-5-13(22)6-4-11)7-12(19)8-15(17)18(20)23/h3-8,22H,1-2H3,(H2,20,23). The highest BCUT2D eigenvalue weighted by atomic mass is 35.5. The Morgan fingerprint density at radius 1 is 1.17 bits per heavy atom. The molecule has 0 aliphatic carbocycles. The SMILES string of the molecule is Cc1noc(C)c1-c1c(C(N)=O)cc(Cl)cc1-c1ccc(O)cc1. The number of phenolic OH excluding ortho intramolecular Hbond substituents is 1. The second kappa shape index (κ2) is 6.02. The minimum Gasteiger partial charge on any atom is -0.508 e. The maximum Gasteiger partial charge on any atom is 0.249 e. The topological polar surface area (TPSA) is 89.4 Å². The zero-order chi connectivity index (χ0) is 17.4. The molecule has 3 rings (SSSR count). The number of aromatic hydroxyl groups is 1. The van der Waals surface area contributed by atoms with Crippen LogP contribution in [0.4, 0.5) is 0 Å². The predicted octanol–water partition coefficient (Wildman–Crippen LogP) is 4.08. The Bertz CT molecular complexity index is 911. The van der Waals surface area contributed by atoms with Crippen LogP contribution >= 0.6 is 11.6 Å². The number of halogens is 1. The Balaban J connectivity index is 2.40. The number of benzene rings is 2. The van der Waals surface area contributed by atoms with Gasteiger partial charge >= 0.3 is 0 Å². The van der Waals surface area contributed by atoms with Crippen LogP contribution in [0.15, 0.2) is 40.9 Å². The first kappa shape index (κ1) is 16.1. The summed E-state index contributed by atoms with van der Waals surface area (Å²) in [6.07, 6.45) is 0. The number of carbonyl (C=O) groups is 1. The molecule has 0 unspecified atom stereocenters. The number of hydrogen-bond donors (Lipinski definition) is 2. The van der Waals surface area contributed by atoms with Crippen LogP contribution in [0.2, 0.25) is 5.02 Å². The van der Waals surface area contributed by atoms with Gasteiger partial charge in [-0.25, -0.2) is 0 Å². The van der Waals surface area contributed by atoms with E-state index in [4.69, 9.17) is 21.9 Å². The summed E-state index contributed by atoms with van der Waals surface area (Å²) in [5.41, 5.74) is 9.34. The fourth-order valence-corrected chi connectivity index (χ4v) is 3.00. The molecule has 0 aliphatic rings. The van der Waals surface area contributed by atoms with E-state index in [-0.39, 0.29) is 5.75 Å². The number of aromatic nitrogens is 1. The number of rotatable bonds is 3. The molecule has 122 valence electrons. The highest BCUT2D eigenvalue weighted by molar-refractivity contribution is 6.31. The van der Waals surface area contributed by atoms with Crippen LogP contribution < -0.4 is 5.73 Å². The maximum atomic E-state index is 12.0. The molecule has 24 heavy (non-hydrogen) atoms. The molecule has 0 saturated heterocycles. The van der Waals surface area contributed by atoms with E-state index in [0.29, 0.717) is 38.7 Å². The smallest absolute Gasteiger partial charge is 0.249 e. The van der Waals surface area contributed by atoms with Gasteiger partial charge in [0.25, 0.3) is 0 Å². The molecule has 5 nitrogen and oxygen atoms in total. The number of aryl methyl sites for hydroxylation is 2. The van der Waals surface area contributed by atoms with E-state index in [2.05, 4.69) is 5.16 Å². The summed E-state index contributed by atoms with van der Waals surface area (Å²) in [6.45, 7) is 3.57. The van der Waals surface area contributed by atoms with Crippen molar-refractivity contribution in [1.29, 1.82) is 0 Å². The molecule has 3 aromatic rings. The van der Waals surface area contributed by atoms with Gasteiger partial charge in [0.05, 0.1) is 5.69 Å². The molecular formula is C18H15ClN2O3. The molecule has 0 saturated carbocycles. The van der Waals surface area contributed by atoms with Crippen molar-refractivity contribution in [3.8, 4) is 28.0 Å². The quantitative estimate of drug-likeness (QED) is 0.750. The van der Waals surface area contributed by atoms with Gasteiger partial charge in [0, 0.05) is 21.7 Å². The van der Waals surface area contributed by atoms with Gasteiger partial charge in [-0.2, -0.15) is 0 Å². The van der Waals surface area contributed by atoms with Gasteiger partial charge in [0.15, 0.2) is 0 Å². The Morgan fingerprint density at radius 2 is 1.83 bits per heavy atom. The number of carbonyl (C=O) groups excluding carboxylic acids is 1. The largest absolute Gasteiger partial charge is 0.508 e. The molecule has 1 amide bonds. The van der Waals surface area contributed by atoms with Crippen molar-refractivity contribution in [3.63, 3.8) is 0 Å². The second-order valence-corrected chi connectivity index (χ2v) is 5.92. The lowest BCUT2D eigenvalue weighted by molar-refractivity contribution is 0.100. The van der Waals surface area contributed by atoms with E-state index in [0.717, 1.165) is 5.56 Å². The van der Waals surface area contributed by atoms with Crippen molar-refractivity contribution in [2.45, 2.75) is 13.8 Å². The normalized spacial score (nSPS) is 10.8. The summed E-state index contributed by atoms with van der Waals surface area (Å²) in [7, 11) is 0. The van der Waals surface area contributed by atoms with Gasteiger partial charge < -0.3 is 15.4 Å². The average molecular weight is 343 g/mol. The third-order valence-corrected chi connectivity index (χ3v) is 4.05. The van der Waals surface area contributed by atoms with Crippen molar-refractivity contribution < 1.29 is 14.4 Å². The number of amides is 1. The van der Waals surface area contributed by atoms with Crippen molar-refractivity contribution in [2.24, 2.45) is 5.73 Å². The molecule has 2 aromatic carbocycles. The summed E-state index contributed by atoms with van der Waals surface area (Å²) in [5.74, 6) is 0.139. The molecular weight excluding hydrogens is 328 g/mol. The minimum atomic E-state index is -0.590. The summed E-state index contributed by atoms with van der Waals surface area (Å²) < 4.78 is 5.25. The number of nitrogens with zero attached hydrogens (tertiary/aromatic N) is 1. The molecule has 0 aliphatic heterocycles. The molecule has 0 radical (unpaired) electrons. The van der Waals surface area contributed by atoms with Gasteiger partial charge in [-0.05, 0) is 49.2 Å². The van der Waals surface area contributed by atoms with Gasteiger partial charge in [0.2, 0.25) is 5.91 Å². The van der Waals surface area contributed by atoms with E-state index >= 15 is 0 Å². The first-order valence-electron chi connectivity index (χ1n) is 7.24. The number of hydrogen-bond acceptors (Lipinski definition) is 4. The zero-order valence-electron chi connectivity index (χ0n) is 13.1. The lowest BCUT2D eigenvalue weighted by atomic mass is 9.89. The maximum absolute atomic E-state index is 12.0. The predicted molar refractivity (Wildman–Crippen MR) is 92.0 cm³/mol. The summed E-state index contributed by atoms with van der Waals surface area (Å²) in [5, 5.41) is 13.9. The van der Waals surface area contributed by atoms with Gasteiger partial charge in [-0.3, -0.25) is 4.79 Å². The molecule has 0 bridgehead atoms. The highest BCUT2D eigenvalue weighted by Gasteiger charge is 2.23. The number of nitrogens with two attached hydrogens (primary N) is 1. The Hall–Kier alpha value is -2.79. The molecule has 1 heterocycles. The first-order chi connectivity index (χ1) is 11.4. The average Bonchev–Trinajstić information content (AvgIpc) is 2.86. The van der Waals surface area contributed by atoms with Crippen LogP contribution in [-0.2, 0) is 0 Å². The van der Waals surface area contributed by atoms with E-state index in [9.17, 15) is 9.90 Å². The van der Waals surface area contributed by atoms with Gasteiger partial charge in [-0.15, -0.1) is 0 Å². The van der Waals surface area contributed by atoms with E-state index in [1.54, 1.807) is 44.2 Å². The molecule has 1 aromatic heterocycles. The molecule has 0 atom stereocenters. The molecule has 6 heteroatoms. The van der Waals surface area contributed by atoms with E-state index in [1.165, 1.54) is 6.07 Å². The lowest BCUT2D eigenvalue weighted by Gasteiger charge is -2.14. The second-order valence-electron chi connectivity index (χ2n) is 5.49. The van der Waals surface area contributed by atoms with Crippen LogP contribution in [0.3, 0.4) is 0 Å². The summed E-state index contributed by atoms with van der Waals surface area (Å²) in [6, 6.07) is 9.91.